The maximum Gasteiger partial charge on any atom is 0.213 e. The van der Waals surface area contributed by atoms with E-state index in [0.29, 0.717) is 5.88 Å². The lowest BCUT2D eigenvalue weighted by molar-refractivity contribution is 0.397. The van der Waals surface area contributed by atoms with Gasteiger partial charge in [-0.05, 0) is 18.4 Å². The SMILES string of the molecule is COc1cc(C)c(C#CC#N)cn1. The molecule has 0 amide bonds. The number of rotatable bonds is 1. The molecule has 0 fully saturated rings. The largest absolute Gasteiger partial charge is 0.481 e. The van der Waals surface area contributed by atoms with Gasteiger partial charge in [0.2, 0.25) is 5.88 Å². The maximum atomic E-state index is 8.25. The van der Waals surface area contributed by atoms with Crippen molar-refractivity contribution >= 4 is 0 Å². The Morgan fingerprint density at radius 1 is 1.54 bits per heavy atom. The van der Waals surface area contributed by atoms with E-state index in [2.05, 4.69) is 16.8 Å². The Morgan fingerprint density at radius 3 is 2.85 bits per heavy atom. The normalized spacial score (nSPS) is 8.08. The summed E-state index contributed by atoms with van der Waals surface area (Å²) in [5, 5.41) is 8.25. The number of methoxy groups -OCH3 is 1. The molecule has 0 saturated carbocycles. The number of pyridine rings is 1. The van der Waals surface area contributed by atoms with E-state index in [-0.39, 0.29) is 0 Å². The van der Waals surface area contributed by atoms with Crippen molar-refractivity contribution in [2.45, 2.75) is 6.92 Å². The first-order valence-electron chi connectivity index (χ1n) is 3.68. The summed E-state index contributed by atoms with van der Waals surface area (Å²) in [6.07, 6.45) is 1.60. The van der Waals surface area contributed by atoms with Gasteiger partial charge < -0.3 is 4.74 Å². The Kier molecular flexibility index (Phi) is 2.89. The highest BCUT2D eigenvalue weighted by atomic mass is 16.5. The second-order valence-electron chi connectivity index (χ2n) is 2.40. The molecule has 0 unspecified atom stereocenters. The van der Waals surface area contributed by atoms with E-state index in [1.807, 2.05) is 6.92 Å². The molecule has 1 aromatic heterocycles. The zero-order chi connectivity index (χ0) is 9.68. The van der Waals surface area contributed by atoms with Crippen LogP contribution in [0.1, 0.15) is 11.1 Å². The van der Waals surface area contributed by atoms with Crippen molar-refractivity contribution in [3.05, 3.63) is 23.4 Å². The summed E-state index contributed by atoms with van der Waals surface area (Å²) in [5.41, 5.74) is 1.71. The molecule has 0 aromatic carbocycles. The van der Waals surface area contributed by atoms with Crippen LogP contribution in [0.2, 0.25) is 0 Å². The van der Waals surface area contributed by atoms with Crippen molar-refractivity contribution in [2.24, 2.45) is 0 Å². The molecule has 0 aliphatic carbocycles. The monoisotopic (exact) mass is 172 g/mol. The average Bonchev–Trinajstić information content (AvgIpc) is 2.16. The fraction of sp³-hybridized carbons (Fsp3) is 0.200. The van der Waals surface area contributed by atoms with Gasteiger partial charge in [-0.15, -0.1) is 0 Å². The zero-order valence-corrected chi connectivity index (χ0v) is 7.46. The second-order valence-corrected chi connectivity index (χ2v) is 2.40. The predicted molar refractivity (Wildman–Crippen MR) is 48.0 cm³/mol. The third-order valence-corrected chi connectivity index (χ3v) is 1.55. The van der Waals surface area contributed by atoms with Gasteiger partial charge in [0.25, 0.3) is 0 Å². The molecule has 1 aromatic rings. The lowest BCUT2D eigenvalue weighted by Gasteiger charge is -2.00. The number of nitriles is 1. The van der Waals surface area contributed by atoms with Gasteiger partial charge in [0.05, 0.1) is 7.11 Å². The summed E-state index contributed by atoms with van der Waals surface area (Å²) in [5.74, 6) is 5.56. The van der Waals surface area contributed by atoms with Gasteiger partial charge in [0.1, 0.15) is 0 Å². The molecule has 0 N–H and O–H groups in total. The molecule has 1 heterocycles. The number of ether oxygens (including phenoxy) is 1. The van der Waals surface area contributed by atoms with Crippen LogP contribution >= 0.6 is 0 Å². The van der Waals surface area contributed by atoms with Crippen LogP contribution in [0.25, 0.3) is 0 Å². The maximum absolute atomic E-state index is 8.25. The van der Waals surface area contributed by atoms with Crippen molar-refractivity contribution in [3.8, 4) is 23.8 Å². The summed E-state index contributed by atoms with van der Waals surface area (Å²) in [7, 11) is 1.56. The highest BCUT2D eigenvalue weighted by Gasteiger charge is 1.97. The van der Waals surface area contributed by atoms with Gasteiger partial charge >= 0.3 is 0 Å². The molecule has 0 aliphatic rings. The Balaban J connectivity index is 3.07. The quantitative estimate of drug-likeness (QED) is 0.599. The molecule has 0 spiro atoms. The number of hydrogen-bond donors (Lipinski definition) is 0. The Labute approximate surface area is 77.0 Å². The number of aromatic nitrogens is 1. The van der Waals surface area contributed by atoms with Gasteiger partial charge in [0, 0.05) is 23.7 Å². The van der Waals surface area contributed by atoms with Crippen LogP contribution in [0.15, 0.2) is 12.3 Å². The Hall–Kier alpha value is -2.00. The summed E-state index contributed by atoms with van der Waals surface area (Å²) >= 11 is 0. The fourth-order valence-corrected chi connectivity index (χ4v) is 0.868. The lowest BCUT2D eigenvalue weighted by atomic mass is 10.2. The molecule has 13 heavy (non-hydrogen) atoms. The number of hydrogen-bond acceptors (Lipinski definition) is 3. The second kappa shape index (κ2) is 4.13. The first kappa shape index (κ1) is 9.09. The Morgan fingerprint density at radius 2 is 2.31 bits per heavy atom. The molecule has 1 rings (SSSR count). The van der Waals surface area contributed by atoms with E-state index in [9.17, 15) is 0 Å². The molecule has 0 bridgehead atoms. The van der Waals surface area contributed by atoms with E-state index in [4.69, 9.17) is 10.00 Å². The first-order valence-corrected chi connectivity index (χ1v) is 3.68. The molecule has 64 valence electrons. The van der Waals surface area contributed by atoms with Crippen LogP contribution in [0.4, 0.5) is 0 Å². The van der Waals surface area contributed by atoms with Crippen molar-refractivity contribution < 1.29 is 4.74 Å². The zero-order valence-electron chi connectivity index (χ0n) is 7.46. The van der Waals surface area contributed by atoms with Crippen molar-refractivity contribution in [2.75, 3.05) is 7.11 Å². The first-order chi connectivity index (χ1) is 6.27. The minimum atomic E-state index is 0.556. The molecule has 0 aliphatic heterocycles. The minimum absolute atomic E-state index is 0.556. The Bertz CT molecular complexity index is 407. The predicted octanol–water partition coefficient (Wildman–Crippen LogP) is 1.27. The van der Waals surface area contributed by atoms with Crippen LogP contribution < -0.4 is 4.74 Å². The molecule has 0 saturated heterocycles. The molecule has 0 atom stereocenters. The summed E-state index contributed by atoms with van der Waals surface area (Å²) in [4.78, 5) is 3.98. The van der Waals surface area contributed by atoms with Gasteiger partial charge in [-0.25, -0.2) is 4.98 Å². The van der Waals surface area contributed by atoms with E-state index in [0.717, 1.165) is 11.1 Å². The van der Waals surface area contributed by atoms with Gasteiger partial charge in [-0.3, -0.25) is 0 Å². The van der Waals surface area contributed by atoms with Gasteiger partial charge in [-0.1, -0.05) is 0 Å². The summed E-state index contributed by atoms with van der Waals surface area (Å²) in [6, 6.07) is 3.53. The molecule has 3 heteroatoms. The van der Waals surface area contributed by atoms with E-state index in [1.54, 1.807) is 25.4 Å². The van der Waals surface area contributed by atoms with Crippen molar-refractivity contribution in [1.29, 1.82) is 5.26 Å². The highest BCUT2D eigenvalue weighted by Crippen LogP contribution is 2.11. The topological polar surface area (TPSA) is 45.9 Å². The van der Waals surface area contributed by atoms with Crippen LogP contribution in [0.5, 0.6) is 5.88 Å². The molecular weight excluding hydrogens is 164 g/mol. The third-order valence-electron chi connectivity index (χ3n) is 1.55. The standard InChI is InChI=1S/C10H8N2O/c1-8-6-10(13-2)12-7-9(8)4-3-5-11/h6-7H,1-2H3. The van der Waals surface area contributed by atoms with Gasteiger partial charge in [-0.2, -0.15) is 5.26 Å². The summed E-state index contributed by atoms with van der Waals surface area (Å²) in [6.45, 7) is 1.89. The molecular formula is C10H8N2O. The minimum Gasteiger partial charge on any atom is -0.481 e. The third kappa shape index (κ3) is 2.21. The number of nitrogens with zero attached hydrogens (tertiary/aromatic N) is 2. The number of aryl methyl sites for hydroxylation is 1. The van der Waals surface area contributed by atoms with E-state index < -0.39 is 0 Å². The fourth-order valence-electron chi connectivity index (χ4n) is 0.868. The van der Waals surface area contributed by atoms with Crippen molar-refractivity contribution in [3.63, 3.8) is 0 Å². The van der Waals surface area contributed by atoms with Crippen LogP contribution in [0, 0.1) is 30.1 Å². The van der Waals surface area contributed by atoms with E-state index in [1.165, 1.54) is 0 Å². The molecule has 3 nitrogen and oxygen atoms in total. The van der Waals surface area contributed by atoms with Crippen LogP contribution in [-0.4, -0.2) is 12.1 Å². The average molecular weight is 172 g/mol. The highest BCUT2D eigenvalue weighted by molar-refractivity contribution is 5.42. The molecule has 0 radical (unpaired) electrons. The van der Waals surface area contributed by atoms with E-state index >= 15 is 0 Å². The van der Waals surface area contributed by atoms with Gasteiger partial charge in [0.15, 0.2) is 6.07 Å². The van der Waals surface area contributed by atoms with Crippen molar-refractivity contribution in [1.82, 2.24) is 4.98 Å². The van der Waals surface area contributed by atoms with Crippen LogP contribution in [0.3, 0.4) is 0 Å². The smallest absolute Gasteiger partial charge is 0.213 e. The van der Waals surface area contributed by atoms with Crippen LogP contribution in [-0.2, 0) is 0 Å². The lowest BCUT2D eigenvalue weighted by Crippen LogP contribution is -1.90. The summed E-state index contributed by atoms with van der Waals surface area (Å²) < 4.78 is 4.93.